The summed E-state index contributed by atoms with van der Waals surface area (Å²) in [6.45, 7) is 7.80. The highest BCUT2D eigenvalue weighted by atomic mass is 35.5. The van der Waals surface area contributed by atoms with Crippen LogP contribution in [0.2, 0.25) is 5.02 Å². The molecule has 0 aromatic heterocycles. The van der Waals surface area contributed by atoms with E-state index < -0.39 is 28.5 Å². The average molecular weight is 586 g/mol. The molecule has 1 atom stereocenters. The number of nitrogens with one attached hydrogen (secondary N) is 1. The Morgan fingerprint density at radius 3 is 2.10 bits per heavy atom. The summed E-state index contributed by atoms with van der Waals surface area (Å²) in [5.41, 5.74) is 1.97. The number of hydrogen-bond acceptors (Lipinski definition) is 5. The standard InChI is InChI=1S/C30H36ClN3O5S/c1-5-28(30(36)32-6-2)33(20-23-10-12-24(31)13-11-23)29(35)21-34(25-14-16-26(17-15-25)39-7-3)40(37,38)27-18-8-22(4)9-19-27/h8-19,28H,5-7,20-21H2,1-4H3,(H,32,36)/t28-/m1/s1. The second kappa shape index (κ2) is 14.2. The molecule has 1 N–H and O–H groups in total. The predicted molar refractivity (Wildman–Crippen MR) is 158 cm³/mol. The summed E-state index contributed by atoms with van der Waals surface area (Å²) in [5.74, 6) is -0.240. The van der Waals surface area contributed by atoms with Crippen LogP contribution in [0.5, 0.6) is 5.75 Å². The number of halogens is 1. The van der Waals surface area contributed by atoms with E-state index in [0.717, 1.165) is 15.4 Å². The number of nitrogens with zero attached hydrogens (tertiary/aromatic N) is 2. The lowest BCUT2D eigenvalue weighted by Crippen LogP contribution is -2.52. The molecule has 3 aromatic carbocycles. The van der Waals surface area contributed by atoms with E-state index >= 15 is 0 Å². The molecule has 0 heterocycles. The van der Waals surface area contributed by atoms with Gasteiger partial charge in [-0.1, -0.05) is 48.4 Å². The first-order valence-corrected chi connectivity index (χ1v) is 15.1. The highest BCUT2D eigenvalue weighted by molar-refractivity contribution is 7.92. The van der Waals surface area contributed by atoms with Gasteiger partial charge in [0.2, 0.25) is 11.8 Å². The molecule has 0 aliphatic heterocycles. The number of rotatable bonds is 13. The number of anilines is 1. The third-order valence-corrected chi connectivity index (χ3v) is 8.37. The third-order valence-electron chi connectivity index (χ3n) is 6.33. The summed E-state index contributed by atoms with van der Waals surface area (Å²) in [4.78, 5) is 28.5. The van der Waals surface area contributed by atoms with Gasteiger partial charge in [0.25, 0.3) is 10.0 Å². The molecule has 0 saturated carbocycles. The monoisotopic (exact) mass is 585 g/mol. The number of amides is 2. The lowest BCUT2D eigenvalue weighted by atomic mass is 10.1. The van der Waals surface area contributed by atoms with Gasteiger partial charge in [-0.05, 0) is 81.3 Å². The van der Waals surface area contributed by atoms with Crippen molar-refractivity contribution in [3.63, 3.8) is 0 Å². The Bertz CT molecular complexity index is 1380. The third kappa shape index (κ3) is 7.76. The van der Waals surface area contributed by atoms with E-state index in [9.17, 15) is 18.0 Å². The zero-order valence-electron chi connectivity index (χ0n) is 23.3. The SMILES string of the molecule is CCNC(=O)[C@@H](CC)N(Cc1ccc(Cl)cc1)C(=O)CN(c1ccc(OCC)cc1)S(=O)(=O)c1ccc(C)cc1. The van der Waals surface area contributed by atoms with E-state index in [4.69, 9.17) is 16.3 Å². The van der Waals surface area contributed by atoms with Crippen LogP contribution in [-0.4, -0.2) is 50.9 Å². The summed E-state index contributed by atoms with van der Waals surface area (Å²) < 4.78 is 34.4. The summed E-state index contributed by atoms with van der Waals surface area (Å²) >= 11 is 6.05. The van der Waals surface area contributed by atoms with E-state index in [1.807, 2.05) is 20.8 Å². The van der Waals surface area contributed by atoms with Crippen molar-refractivity contribution in [2.75, 3.05) is 24.0 Å². The van der Waals surface area contributed by atoms with Crippen molar-refractivity contribution in [2.24, 2.45) is 0 Å². The first-order valence-electron chi connectivity index (χ1n) is 13.2. The minimum Gasteiger partial charge on any atom is -0.494 e. The molecule has 214 valence electrons. The lowest BCUT2D eigenvalue weighted by Gasteiger charge is -2.33. The van der Waals surface area contributed by atoms with Crippen molar-refractivity contribution in [1.29, 1.82) is 0 Å². The number of ether oxygens (including phenoxy) is 1. The molecule has 0 spiro atoms. The molecular formula is C30H36ClN3O5S. The van der Waals surface area contributed by atoms with Crippen molar-refractivity contribution < 1.29 is 22.7 Å². The fourth-order valence-corrected chi connectivity index (χ4v) is 5.78. The molecule has 40 heavy (non-hydrogen) atoms. The molecule has 0 fully saturated rings. The maximum Gasteiger partial charge on any atom is 0.264 e. The Hall–Kier alpha value is -3.56. The number of carbonyl (C=O) groups is 2. The van der Waals surface area contributed by atoms with E-state index in [2.05, 4.69) is 5.32 Å². The summed E-state index contributed by atoms with van der Waals surface area (Å²) in [6, 6.07) is 19.2. The molecule has 0 saturated heterocycles. The Morgan fingerprint density at radius 2 is 1.55 bits per heavy atom. The van der Waals surface area contributed by atoms with Gasteiger partial charge in [0.15, 0.2) is 0 Å². The molecule has 0 aliphatic rings. The van der Waals surface area contributed by atoms with Crippen LogP contribution in [0.4, 0.5) is 5.69 Å². The number of carbonyl (C=O) groups excluding carboxylic acids is 2. The largest absolute Gasteiger partial charge is 0.494 e. The van der Waals surface area contributed by atoms with Crippen LogP contribution in [0.3, 0.4) is 0 Å². The van der Waals surface area contributed by atoms with Gasteiger partial charge >= 0.3 is 0 Å². The van der Waals surface area contributed by atoms with E-state index in [-0.39, 0.29) is 17.3 Å². The van der Waals surface area contributed by atoms with Crippen LogP contribution in [0, 0.1) is 6.92 Å². The first kappa shape index (κ1) is 31.0. The lowest BCUT2D eigenvalue weighted by molar-refractivity contribution is -0.140. The van der Waals surface area contributed by atoms with Gasteiger partial charge < -0.3 is 15.0 Å². The molecule has 2 amide bonds. The van der Waals surface area contributed by atoms with Gasteiger partial charge in [-0.2, -0.15) is 0 Å². The second-order valence-corrected chi connectivity index (χ2v) is 11.5. The first-order chi connectivity index (χ1) is 19.1. The number of sulfonamides is 1. The van der Waals surface area contributed by atoms with Crippen LogP contribution in [0.1, 0.15) is 38.3 Å². The Labute approximate surface area is 241 Å². The highest BCUT2D eigenvalue weighted by Crippen LogP contribution is 2.27. The molecule has 0 radical (unpaired) electrons. The Balaban J connectivity index is 2.05. The van der Waals surface area contributed by atoms with Gasteiger partial charge in [-0.25, -0.2) is 8.42 Å². The summed E-state index contributed by atoms with van der Waals surface area (Å²) in [7, 11) is -4.14. The summed E-state index contributed by atoms with van der Waals surface area (Å²) in [5, 5.41) is 3.34. The number of benzene rings is 3. The fourth-order valence-electron chi connectivity index (χ4n) is 4.24. The normalized spacial score (nSPS) is 11.9. The van der Waals surface area contributed by atoms with E-state index in [0.29, 0.717) is 36.0 Å². The van der Waals surface area contributed by atoms with Crippen LogP contribution in [0.15, 0.2) is 77.7 Å². The molecule has 3 aromatic rings. The van der Waals surface area contributed by atoms with Crippen molar-refractivity contribution in [3.05, 3.63) is 88.9 Å². The van der Waals surface area contributed by atoms with Gasteiger partial charge in [-0.3, -0.25) is 13.9 Å². The minimum atomic E-state index is -4.14. The minimum absolute atomic E-state index is 0.0554. The predicted octanol–water partition coefficient (Wildman–Crippen LogP) is 5.19. The molecule has 0 unspecified atom stereocenters. The number of hydrogen-bond donors (Lipinski definition) is 1. The van der Waals surface area contributed by atoms with Crippen LogP contribution >= 0.6 is 11.6 Å². The Morgan fingerprint density at radius 1 is 0.925 bits per heavy atom. The fraction of sp³-hybridized carbons (Fsp3) is 0.333. The molecule has 0 bridgehead atoms. The number of aryl methyl sites for hydroxylation is 1. The van der Waals surface area contributed by atoms with E-state index in [1.54, 1.807) is 67.6 Å². The highest BCUT2D eigenvalue weighted by Gasteiger charge is 2.33. The molecule has 0 aliphatic carbocycles. The Kier molecular flexibility index (Phi) is 11.0. The van der Waals surface area contributed by atoms with Gasteiger partial charge in [0.1, 0.15) is 18.3 Å². The van der Waals surface area contributed by atoms with Gasteiger partial charge in [0, 0.05) is 18.1 Å². The molecule has 8 nitrogen and oxygen atoms in total. The summed E-state index contributed by atoms with van der Waals surface area (Å²) in [6.07, 6.45) is 0.346. The zero-order chi connectivity index (χ0) is 29.3. The number of likely N-dealkylation sites (N-methyl/N-ethyl adjacent to an activating group) is 1. The molecule has 3 rings (SSSR count). The van der Waals surface area contributed by atoms with Gasteiger partial charge in [0.05, 0.1) is 17.2 Å². The quantitative estimate of drug-likeness (QED) is 0.298. The van der Waals surface area contributed by atoms with Crippen molar-refractivity contribution in [2.45, 2.75) is 51.6 Å². The second-order valence-electron chi connectivity index (χ2n) is 9.22. The van der Waals surface area contributed by atoms with Crippen LogP contribution in [0.25, 0.3) is 0 Å². The molecular weight excluding hydrogens is 550 g/mol. The topological polar surface area (TPSA) is 96.0 Å². The van der Waals surface area contributed by atoms with Crippen molar-refractivity contribution >= 4 is 39.1 Å². The maximum atomic E-state index is 14.0. The van der Waals surface area contributed by atoms with Crippen LogP contribution in [-0.2, 0) is 26.2 Å². The van der Waals surface area contributed by atoms with Crippen LogP contribution < -0.4 is 14.4 Å². The molecule has 10 heteroatoms. The van der Waals surface area contributed by atoms with Gasteiger partial charge in [-0.15, -0.1) is 0 Å². The smallest absolute Gasteiger partial charge is 0.264 e. The zero-order valence-corrected chi connectivity index (χ0v) is 24.8. The van der Waals surface area contributed by atoms with Crippen molar-refractivity contribution in [1.82, 2.24) is 10.2 Å². The van der Waals surface area contributed by atoms with Crippen molar-refractivity contribution in [3.8, 4) is 5.75 Å². The van der Waals surface area contributed by atoms with E-state index in [1.165, 1.54) is 17.0 Å². The average Bonchev–Trinajstić information content (AvgIpc) is 2.93. The maximum absolute atomic E-state index is 14.0.